The van der Waals surface area contributed by atoms with Crippen molar-refractivity contribution >= 4 is 0 Å². The van der Waals surface area contributed by atoms with Crippen LogP contribution in [0.4, 0.5) is 13.2 Å². The van der Waals surface area contributed by atoms with E-state index in [1.54, 1.807) is 31.0 Å². The van der Waals surface area contributed by atoms with Gasteiger partial charge in [-0.3, -0.25) is 4.68 Å². The van der Waals surface area contributed by atoms with Crippen LogP contribution >= 0.6 is 0 Å². The number of aromatic nitrogens is 3. The van der Waals surface area contributed by atoms with Crippen LogP contribution in [-0.4, -0.2) is 21.3 Å². The number of nitrogens with zero attached hydrogens (tertiary/aromatic N) is 3. The summed E-state index contributed by atoms with van der Waals surface area (Å²) in [5.74, 6) is 0.668. The maximum absolute atomic E-state index is 12.9. The van der Waals surface area contributed by atoms with Crippen LogP contribution in [0.15, 0.2) is 30.6 Å². The summed E-state index contributed by atoms with van der Waals surface area (Å²) in [6, 6.07) is 5.22. The Morgan fingerprint density at radius 3 is 2.62 bits per heavy atom. The molecule has 0 radical (unpaired) electrons. The quantitative estimate of drug-likeness (QED) is 0.923. The van der Waals surface area contributed by atoms with Gasteiger partial charge in [-0.05, 0) is 18.6 Å². The number of alkyl halides is 3. The predicted octanol–water partition coefficient (Wildman–Crippen LogP) is 2.73. The molecule has 0 fully saturated rings. The lowest BCUT2D eigenvalue weighted by Crippen LogP contribution is -2.24. The fourth-order valence-electron chi connectivity index (χ4n) is 2.14. The van der Waals surface area contributed by atoms with Crippen LogP contribution < -0.4 is 5.32 Å². The zero-order valence-corrected chi connectivity index (χ0v) is 11.9. The van der Waals surface area contributed by atoms with Crippen LogP contribution in [0.25, 0.3) is 0 Å². The maximum atomic E-state index is 12.9. The van der Waals surface area contributed by atoms with Crippen molar-refractivity contribution in [2.75, 3.05) is 6.54 Å². The number of nitrogens with one attached hydrogen (secondary N) is 1. The summed E-state index contributed by atoms with van der Waals surface area (Å²) in [4.78, 5) is 4.07. The van der Waals surface area contributed by atoms with Crippen molar-refractivity contribution in [1.82, 2.24) is 20.1 Å². The highest BCUT2D eigenvalue weighted by Gasteiger charge is 2.33. The van der Waals surface area contributed by atoms with E-state index in [0.29, 0.717) is 18.8 Å². The second kappa shape index (κ2) is 6.26. The standard InChI is InChI=1S/C14H17F3N4/c1-10(18-8-7-13-19-9-21(2)20-13)11-5-3-4-6-12(11)14(15,16)17/h3-6,9-10,18H,7-8H2,1-2H3. The van der Waals surface area contributed by atoms with E-state index in [4.69, 9.17) is 0 Å². The van der Waals surface area contributed by atoms with Gasteiger partial charge < -0.3 is 5.32 Å². The van der Waals surface area contributed by atoms with Crippen LogP contribution in [0, 0.1) is 0 Å². The van der Waals surface area contributed by atoms with Crippen LogP contribution in [0.2, 0.25) is 0 Å². The SMILES string of the molecule is CC(NCCc1ncn(C)n1)c1ccccc1C(F)(F)F. The van der Waals surface area contributed by atoms with E-state index in [-0.39, 0.29) is 5.56 Å². The Morgan fingerprint density at radius 2 is 2.00 bits per heavy atom. The summed E-state index contributed by atoms with van der Waals surface area (Å²) >= 11 is 0. The first-order valence-corrected chi connectivity index (χ1v) is 6.62. The van der Waals surface area contributed by atoms with Gasteiger partial charge in [-0.2, -0.15) is 18.3 Å². The van der Waals surface area contributed by atoms with E-state index in [1.807, 2.05) is 0 Å². The Hall–Kier alpha value is -1.89. The normalized spacial score (nSPS) is 13.4. The molecule has 1 aromatic heterocycles. The minimum absolute atomic E-state index is 0.249. The number of rotatable bonds is 5. The summed E-state index contributed by atoms with van der Waals surface area (Å²) in [6.45, 7) is 2.23. The third-order valence-corrected chi connectivity index (χ3v) is 3.18. The Kier molecular flexibility index (Phi) is 4.62. The average Bonchev–Trinajstić information content (AvgIpc) is 2.83. The van der Waals surface area contributed by atoms with Crippen LogP contribution in [-0.2, 0) is 19.6 Å². The van der Waals surface area contributed by atoms with Gasteiger partial charge in [-0.25, -0.2) is 4.98 Å². The largest absolute Gasteiger partial charge is 0.416 e. The lowest BCUT2D eigenvalue weighted by atomic mass is 10.0. The van der Waals surface area contributed by atoms with E-state index < -0.39 is 17.8 Å². The second-order valence-corrected chi connectivity index (χ2v) is 4.85. The topological polar surface area (TPSA) is 42.7 Å². The van der Waals surface area contributed by atoms with E-state index in [2.05, 4.69) is 15.4 Å². The summed E-state index contributed by atoms with van der Waals surface area (Å²) < 4.78 is 40.4. The summed E-state index contributed by atoms with van der Waals surface area (Å²) in [7, 11) is 1.77. The molecule has 21 heavy (non-hydrogen) atoms. The molecule has 0 aliphatic rings. The van der Waals surface area contributed by atoms with Gasteiger partial charge in [0.05, 0.1) is 5.56 Å². The van der Waals surface area contributed by atoms with Crippen LogP contribution in [0.3, 0.4) is 0 Å². The predicted molar refractivity (Wildman–Crippen MR) is 72.6 cm³/mol. The number of aryl methyl sites for hydroxylation is 1. The molecule has 0 amide bonds. The lowest BCUT2D eigenvalue weighted by molar-refractivity contribution is -0.138. The van der Waals surface area contributed by atoms with Crippen molar-refractivity contribution in [3.63, 3.8) is 0 Å². The number of benzene rings is 1. The van der Waals surface area contributed by atoms with Crippen LogP contribution in [0.5, 0.6) is 0 Å². The smallest absolute Gasteiger partial charge is 0.310 e. The summed E-state index contributed by atoms with van der Waals surface area (Å²) in [5.41, 5.74) is -0.347. The van der Waals surface area contributed by atoms with Crippen molar-refractivity contribution in [2.45, 2.75) is 25.6 Å². The Bertz CT molecular complexity index is 592. The Balaban J connectivity index is 1.99. The molecule has 0 aliphatic heterocycles. The Morgan fingerprint density at radius 1 is 1.29 bits per heavy atom. The number of halogens is 3. The summed E-state index contributed by atoms with van der Waals surface area (Å²) in [6.07, 6.45) is -2.17. The van der Waals surface area contributed by atoms with Crippen molar-refractivity contribution in [3.05, 3.63) is 47.5 Å². The van der Waals surface area contributed by atoms with E-state index in [0.717, 1.165) is 6.07 Å². The van der Waals surface area contributed by atoms with E-state index in [1.165, 1.54) is 12.1 Å². The molecule has 0 bridgehead atoms. The van der Waals surface area contributed by atoms with Gasteiger partial charge in [-0.1, -0.05) is 18.2 Å². The van der Waals surface area contributed by atoms with Gasteiger partial charge in [0, 0.05) is 26.1 Å². The molecule has 2 rings (SSSR count). The highest BCUT2D eigenvalue weighted by molar-refractivity contribution is 5.32. The van der Waals surface area contributed by atoms with Gasteiger partial charge in [-0.15, -0.1) is 0 Å². The fraction of sp³-hybridized carbons (Fsp3) is 0.429. The highest BCUT2D eigenvalue weighted by Crippen LogP contribution is 2.34. The van der Waals surface area contributed by atoms with E-state index in [9.17, 15) is 13.2 Å². The molecule has 1 N–H and O–H groups in total. The molecule has 0 aliphatic carbocycles. The van der Waals surface area contributed by atoms with Crippen molar-refractivity contribution in [1.29, 1.82) is 0 Å². The van der Waals surface area contributed by atoms with Gasteiger partial charge >= 0.3 is 6.18 Å². The van der Waals surface area contributed by atoms with Gasteiger partial charge in [0.15, 0.2) is 5.82 Å². The molecule has 0 saturated carbocycles. The molecule has 1 unspecified atom stereocenters. The molecule has 0 saturated heterocycles. The molecule has 2 aromatic rings. The fourth-order valence-corrected chi connectivity index (χ4v) is 2.14. The molecular formula is C14H17F3N4. The molecule has 0 spiro atoms. The summed E-state index contributed by atoms with van der Waals surface area (Å²) in [5, 5.41) is 7.20. The maximum Gasteiger partial charge on any atom is 0.416 e. The van der Waals surface area contributed by atoms with Crippen molar-refractivity contribution in [3.8, 4) is 0 Å². The molecule has 1 atom stereocenters. The first kappa shape index (κ1) is 15.5. The first-order chi connectivity index (χ1) is 9.88. The van der Waals surface area contributed by atoms with Gasteiger partial charge in [0.1, 0.15) is 6.33 Å². The molecular weight excluding hydrogens is 281 g/mol. The zero-order valence-electron chi connectivity index (χ0n) is 11.9. The molecule has 114 valence electrons. The van der Waals surface area contributed by atoms with Gasteiger partial charge in [0.25, 0.3) is 0 Å². The second-order valence-electron chi connectivity index (χ2n) is 4.85. The molecule has 1 aromatic carbocycles. The van der Waals surface area contributed by atoms with Crippen LogP contribution in [0.1, 0.15) is 29.9 Å². The molecule has 1 heterocycles. The van der Waals surface area contributed by atoms with Gasteiger partial charge in [0.2, 0.25) is 0 Å². The van der Waals surface area contributed by atoms with E-state index >= 15 is 0 Å². The lowest BCUT2D eigenvalue weighted by Gasteiger charge is -2.19. The first-order valence-electron chi connectivity index (χ1n) is 6.62. The average molecular weight is 298 g/mol. The number of hydrogen-bond donors (Lipinski definition) is 1. The minimum atomic E-state index is -4.34. The van der Waals surface area contributed by atoms with Crippen molar-refractivity contribution < 1.29 is 13.2 Å². The highest BCUT2D eigenvalue weighted by atomic mass is 19.4. The third kappa shape index (κ3) is 4.04. The third-order valence-electron chi connectivity index (χ3n) is 3.18. The molecule has 7 heteroatoms. The van der Waals surface area contributed by atoms with Crippen molar-refractivity contribution in [2.24, 2.45) is 7.05 Å². The monoisotopic (exact) mass is 298 g/mol. The minimum Gasteiger partial charge on any atom is -0.310 e. The number of hydrogen-bond acceptors (Lipinski definition) is 3. The Labute approximate surface area is 121 Å². The molecule has 4 nitrogen and oxygen atoms in total. The zero-order chi connectivity index (χ0) is 15.5.